The summed E-state index contributed by atoms with van der Waals surface area (Å²) in [5.74, 6) is 0.0205. The topological polar surface area (TPSA) is 57.9 Å². The Morgan fingerprint density at radius 1 is 1.20 bits per heavy atom. The van der Waals surface area contributed by atoms with Crippen molar-refractivity contribution in [3.05, 3.63) is 48.2 Å². The summed E-state index contributed by atoms with van der Waals surface area (Å²) in [6, 6.07) is 10.3. The maximum absolute atomic E-state index is 12.1. The number of alkyl halides is 3. The zero-order valence-corrected chi connectivity index (χ0v) is 9.98. The van der Waals surface area contributed by atoms with Crippen LogP contribution < -0.4 is 10.1 Å². The molecule has 0 saturated heterocycles. The van der Waals surface area contributed by atoms with Crippen LogP contribution in [0.15, 0.2) is 42.6 Å². The number of ether oxygens (including phenoxy) is 1. The Balaban J connectivity index is 2.17. The highest BCUT2D eigenvalue weighted by Gasteiger charge is 2.31. The molecular formula is C13H8F3N3O. The molecule has 0 saturated carbocycles. The molecule has 20 heavy (non-hydrogen) atoms. The number of hydrogen-bond donors (Lipinski definition) is 1. The van der Waals surface area contributed by atoms with E-state index in [0.717, 1.165) is 0 Å². The van der Waals surface area contributed by atoms with Crippen LogP contribution in [-0.4, -0.2) is 11.3 Å². The number of hydrogen-bond acceptors (Lipinski definition) is 4. The quantitative estimate of drug-likeness (QED) is 0.932. The van der Waals surface area contributed by atoms with Crippen LogP contribution in [0.5, 0.6) is 5.75 Å². The Morgan fingerprint density at radius 2 is 2.00 bits per heavy atom. The van der Waals surface area contributed by atoms with E-state index >= 15 is 0 Å². The van der Waals surface area contributed by atoms with Gasteiger partial charge >= 0.3 is 6.36 Å². The zero-order valence-electron chi connectivity index (χ0n) is 9.98. The van der Waals surface area contributed by atoms with E-state index in [1.807, 2.05) is 6.07 Å². The van der Waals surface area contributed by atoms with Crippen LogP contribution in [0.4, 0.5) is 24.7 Å². The average molecular weight is 279 g/mol. The number of rotatable bonds is 3. The molecule has 0 spiro atoms. The van der Waals surface area contributed by atoms with Crippen LogP contribution in [0.25, 0.3) is 0 Å². The molecule has 2 aromatic rings. The van der Waals surface area contributed by atoms with Gasteiger partial charge in [-0.05, 0) is 24.3 Å². The molecular weight excluding hydrogens is 271 g/mol. The molecule has 102 valence electrons. The van der Waals surface area contributed by atoms with Crippen molar-refractivity contribution >= 4 is 11.5 Å². The van der Waals surface area contributed by atoms with Crippen molar-refractivity contribution in [2.24, 2.45) is 0 Å². The minimum absolute atomic E-state index is 0.334. The lowest BCUT2D eigenvalue weighted by molar-refractivity contribution is -0.274. The van der Waals surface area contributed by atoms with Gasteiger partial charge in [0.05, 0.1) is 11.6 Å². The minimum Gasteiger partial charge on any atom is -0.406 e. The molecule has 0 fully saturated rings. The zero-order chi connectivity index (χ0) is 14.6. The highest BCUT2D eigenvalue weighted by atomic mass is 19.4. The van der Waals surface area contributed by atoms with E-state index in [1.54, 1.807) is 6.07 Å². The number of nitrogens with zero attached hydrogens (tertiary/aromatic N) is 2. The van der Waals surface area contributed by atoms with Gasteiger partial charge in [-0.1, -0.05) is 6.07 Å². The number of aromatic nitrogens is 1. The minimum atomic E-state index is -4.74. The predicted molar refractivity (Wildman–Crippen MR) is 65.4 cm³/mol. The molecule has 0 aliphatic carbocycles. The van der Waals surface area contributed by atoms with Gasteiger partial charge in [0.25, 0.3) is 0 Å². The summed E-state index contributed by atoms with van der Waals surface area (Å²) in [7, 11) is 0. The highest BCUT2D eigenvalue weighted by molar-refractivity contribution is 5.59. The third kappa shape index (κ3) is 3.88. The molecule has 1 aromatic heterocycles. The van der Waals surface area contributed by atoms with Crippen molar-refractivity contribution in [1.29, 1.82) is 5.26 Å². The summed E-state index contributed by atoms with van der Waals surface area (Å²) in [4.78, 5) is 3.96. The van der Waals surface area contributed by atoms with Gasteiger partial charge in [-0.2, -0.15) is 5.26 Å². The maximum atomic E-state index is 12.1. The SMILES string of the molecule is N#Cc1ccnc(Nc2cccc(OC(F)(F)F)c2)c1. The molecule has 1 N–H and O–H groups in total. The molecule has 0 radical (unpaired) electrons. The molecule has 4 nitrogen and oxygen atoms in total. The number of anilines is 2. The summed E-state index contributed by atoms with van der Waals surface area (Å²) in [5.41, 5.74) is 0.763. The monoisotopic (exact) mass is 279 g/mol. The van der Waals surface area contributed by atoms with Gasteiger partial charge in [-0.15, -0.1) is 13.2 Å². The highest BCUT2D eigenvalue weighted by Crippen LogP contribution is 2.26. The van der Waals surface area contributed by atoms with Crippen LogP contribution in [0, 0.1) is 11.3 Å². The standard InChI is InChI=1S/C13H8F3N3O/c14-13(15,16)20-11-3-1-2-10(7-11)19-12-6-9(8-17)4-5-18-12/h1-7H,(H,18,19). The molecule has 0 amide bonds. The Hall–Kier alpha value is -2.75. The van der Waals surface area contributed by atoms with E-state index in [0.29, 0.717) is 17.1 Å². The number of pyridine rings is 1. The first-order chi connectivity index (χ1) is 9.46. The van der Waals surface area contributed by atoms with Crippen LogP contribution in [-0.2, 0) is 0 Å². The van der Waals surface area contributed by atoms with Crippen molar-refractivity contribution < 1.29 is 17.9 Å². The van der Waals surface area contributed by atoms with Gasteiger partial charge in [0.1, 0.15) is 11.6 Å². The number of halogens is 3. The Kier molecular flexibility index (Phi) is 3.75. The average Bonchev–Trinajstić information content (AvgIpc) is 2.37. The number of benzene rings is 1. The first-order valence-electron chi connectivity index (χ1n) is 5.45. The largest absolute Gasteiger partial charge is 0.573 e. The number of nitriles is 1. The summed E-state index contributed by atoms with van der Waals surface area (Å²) in [5, 5.41) is 11.5. The lowest BCUT2D eigenvalue weighted by atomic mass is 10.2. The molecule has 0 atom stereocenters. The summed E-state index contributed by atoms with van der Waals surface area (Å²) >= 11 is 0. The lowest BCUT2D eigenvalue weighted by Gasteiger charge is -2.11. The lowest BCUT2D eigenvalue weighted by Crippen LogP contribution is -2.17. The van der Waals surface area contributed by atoms with Gasteiger partial charge in [0.15, 0.2) is 0 Å². The van der Waals surface area contributed by atoms with Crippen LogP contribution in [0.3, 0.4) is 0 Å². The van der Waals surface area contributed by atoms with E-state index in [1.165, 1.54) is 36.5 Å². The Labute approximate surface area is 112 Å². The van der Waals surface area contributed by atoms with Crippen molar-refractivity contribution in [2.75, 3.05) is 5.32 Å². The van der Waals surface area contributed by atoms with Gasteiger partial charge in [0, 0.05) is 18.0 Å². The second-order valence-electron chi connectivity index (χ2n) is 3.74. The van der Waals surface area contributed by atoms with Gasteiger partial charge < -0.3 is 10.1 Å². The normalized spacial score (nSPS) is 10.7. The third-order valence-corrected chi connectivity index (χ3v) is 2.23. The molecule has 0 unspecified atom stereocenters. The molecule has 2 rings (SSSR count). The molecule has 1 heterocycles. The van der Waals surface area contributed by atoms with Crippen molar-refractivity contribution in [1.82, 2.24) is 4.98 Å². The van der Waals surface area contributed by atoms with E-state index in [4.69, 9.17) is 5.26 Å². The fourth-order valence-electron chi connectivity index (χ4n) is 1.49. The van der Waals surface area contributed by atoms with Gasteiger partial charge in [0.2, 0.25) is 0 Å². The Morgan fingerprint density at radius 3 is 2.70 bits per heavy atom. The second-order valence-corrected chi connectivity index (χ2v) is 3.74. The van der Waals surface area contributed by atoms with Crippen molar-refractivity contribution in [3.63, 3.8) is 0 Å². The second kappa shape index (κ2) is 5.48. The first-order valence-corrected chi connectivity index (χ1v) is 5.45. The van der Waals surface area contributed by atoms with E-state index in [9.17, 15) is 13.2 Å². The third-order valence-electron chi connectivity index (χ3n) is 2.23. The first kappa shape index (κ1) is 13.7. The van der Waals surface area contributed by atoms with Crippen molar-refractivity contribution in [2.45, 2.75) is 6.36 Å². The molecule has 1 aromatic carbocycles. The summed E-state index contributed by atoms with van der Waals surface area (Å²) in [6.45, 7) is 0. The van der Waals surface area contributed by atoms with E-state index in [-0.39, 0.29) is 5.75 Å². The van der Waals surface area contributed by atoms with Gasteiger partial charge in [-0.25, -0.2) is 4.98 Å². The van der Waals surface area contributed by atoms with E-state index in [2.05, 4.69) is 15.0 Å². The maximum Gasteiger partial charge on any atom is 0.573 e. The summed E-state index contributed by atoms with van der Waals surface area (Å²) < 4.78 is 40.1. The summed E-state index contributed by atoms with van der Waals surface area (Å²) in [6.07, 6.45) is -3.31. The van der Waals surface area contributed by atoms with Gasteiger partial charge in [-0.3, -0.25) is 0 Å². The van der Waals surface area contributed by atoms with Crippen LogP contribution >= 0.6 is 0 Å². The van der Waals surface area contributed by atoms with E-state index < -0.39 is 6.36 Å². The van der Waals surface area contributed by atoms with Crippen LogP contribution in [0.1, 0.15) is 5.56 Å². The molecule has 0 bridgehead atoms. The fourth-order valence-corrected chi connectivity index (χ4v) is 1.49. The predicted octanol–water partition coefficient (Wildman–Crippen LogP) is 3.60. The van der Waals surface area contributed by atoms with Crippen molar-refractivity contribution in [3.8, 4) is 11.8 Å². The molecule has 0 aliphatic rings. The fraction of sp³-hybridized carbons (Fsp3) is 0.0769. The number of nitrogens with one attached hydrogen (secondary N) is 1. The smallest absolute Gasteiger partial charge is 0.406 e. The van der Waals surface area contributed by atoms with Crippen LogP contribution in [0.2, 0.25) is 0 Å². The molecule has 0 aliphatic heterocycles. The molecule has 7 heteroatoms. The Bertz CT molecular complexity index is 650.